The zero-order valence-electron chi connectivity index (χ0n) is 14.1. The minimum atomic E-state index is -0.332. The predicted molar refractivity (Wildman–Crippen MR) is 89.0 cm³/mol. The van der Waals surface area contributed by atoms with E-state index in [1.807, 2.05) is 18.4 Å². The van der Waals surface area contributed by atoms with Crippen LogP contribution in [0.4, 0.5) is 4.39 Å². The smallest absolute Gasteiger partial charge is 0.229 e. The molecule has 0 atom stereocenters. The van der Waals surface area contributed by atoms with Crippen LogP contribution in [-0.2, 0) is 6.54 Å². The van der Waals surface area contributed by atoms with Crippen molar-refractivity contribution in [1.82, 2.24) is 34.5 Å². The summed E-state index contributed by atoms with van der Waals surface area (Å²) in [5.41, 5.74) is 2.87. The van der Waals surface area contributed by atoms with E-state index < -0.39 is 0 Å². The van der Waals surface area contributed by atoms with Crippen LogP contribution in [0.5, 0.6) is 0 Å². The van der Waals surface area contributed by atoms with Gasteiger partial charge in [0.1, 0.15) is 24.2 Å². The molecule has 0 fully saturated rings. The van der Waals surface area contributed by atoms with Crippen molar-refractivity contribution < 1.29 is 8.91 Å². The van der Waals surface area contributed by atoms with Crippen LogP contribution in [-0.4, -0.2) is 34.5 Å². The highest BCUT2D eigenvalue weighted by atomic mass is 19.1. The second kappa shape index (κ2) is 5.32. The molecular weight excluding hydrogens is 337 g/mol. The zero-order chi connectivity index (χ0) is 17.8. The SMILES string of the molecule is CC(C)c1nc(-c2ncn3c2Cn2ncnc2-c2cc(F)ccc2-3)no1. The monoisotopic (exact) mass is 351 g/mol. The summed E-state index contributed by atoms with van der Waals surface area (Å²) in [5.74, 6) is 1.38. The van der Waals surface area contributed by atoms with Gasteiger partial charge in [-0.25, -0.2) is 19.0 Å². The van der Waals surface area contributed by atoms with Gasteiger partial charge in [0.25, 0.3) is 0 Å². The van der Waals surface area contributed by atoms with Crippen LogP contribution >= 0.6 is 0 Å². The lowest BCUT2D eigenvalue weighted by Gasteiger charge is -2.08. The van der Waals surface area contributed by atoms with Crippen LogP contribution in [0.2, 0.25) is 0 Å². The van der Waals surface area contributed by atoms with Gasteiger partial charge in [-0.05, 0) is 18.2 Å². The summed E-state index contributed by atoms with van der Waals surface area (Å²) in [5, 5.41) is 8.33. The molecule has 0 saturated heterocycles. The van der Waals surface area contributed by atoms with Gasteiger partial charge in [0.2, 0.25) is 11.7 Å². The first-order chi connectivity index (χ1) is 12.6. The number of imidazole rings is 1. The minimum Gasteiger partial charge on any atom is -0.339 e. The molecule has 130 valence electrons. The molecule has 3 aromatic heterocycles. The number of nitrogens with zero attached hydrogens (tertiary/aromatic N) is 7. The van der Waals surface area contributed by atoms with Gasteiger partial charge in [0, 0.05) is 11.5 Å². The molecule has 8 nitrogen and oxygen atoms in total. The first-order valence-corrected chi connectivity index (χ1v) is 8.20. The van der Waals surface area contributed by atoms with E-state index >= 15 is 0 Å². The third kappa shape index (κ3) is 2.10. The molecular formula is C17H14FN7O. The Morgan fingerprint density at radius 2 is 2.12 bits per heavy atom. The van der Waals surface area contributed by atoms with Gasteiger partial charge in [-0.3, -0.25) is 4.57 Å². The Kier molecular flexibility index (Phi) is 3.05. The van der Waals surface area contributed by atoms with Gasteiger partial charge in [0.05, 0.1) is 17.9 Å². The molecule has 26 heavy (non-hydrogen) atoms. The van der Waals surface area contributed by atoms with E-state index in [0.29, 0.717) is 35.3 Å². The number of benzene rings is 1. The van der Waals surface area contributed by atoms with Crippen molar-refractivity contribution in [3.05, 3.63) is 48.3 Å². The Labute approximate surface area is 147 Å². The highest BCUT2D eigenvalue weighted by Gasteiger charge is 2.26. The van der Waals surface area contributed by atoms with Crippen molar-refractivity contribution in [3.63, 3.8) is 0 Å². The predicted octanol–water partition coefficient (Wildman–Crippen LogP) is 2.81. The summed E-state index contributed by atoms with van der Waals surface area (Å²) in [7, 11) is 0. The van der Waals surface area contributed by atoms with E-state index in [1.165, 1.54) is 18.5 Å². The molecule has 5 rings (SSSR count). The fourth-order valence-electron chi connectivity index (χ4n) is 3.11. The average molecular weight is 351 g/mol. The van der Waals surface area contributed by atoms with Crippen LogP contribution < -0.4 is 0 Å². The molecule has 0 unspecified atom stereocenters. The van der Waals surface area contributed by atoms with Gasteiger partial charge < -0.3 is 4.52 Å². The molecule has 0 aliphatic carbocycles. The van der Waals surface area contributed by atoms with E-state index in [0.717, 1.165) is 11.4 Å². The standard InChI is InChI=1S/C17H14FN7O/c1-9(2)17-22-15(23-26-17)14-13-6-25-16(19-7-21-25)11-5-10(18)3-4-12(11)24(13)8-20-14/h3-5,7-9H,6H2,1-2H3. The van der Waals surface area contributed by atoms with Gasteiger partial charge in [0.15, 0.2) is 5.82 Å². The van der Waals surface area contributed by atoms with E-state index in [-0.39, 0.29) is 11.7 Å². The van der Waals surface area contributed by atoms with Gasteiger partial charge in [-0.2, -0.15) is 10.1 Å². The second-order valence-corrected chi connectivity index (χ2v) is 6.42. The second-order valence-electron chi connectivity index (χ2n) is 6.42. The van der Waals surface area contributed by atoms with E-state index in [9.17, 15) is 4.39 Å². The Bertz CT molecular complexity index is 1120. The Hall–Kier alpha value is -3.36. The molecule has 4 aromatic rings. The molecule has 0 saturated carbocycles. The van der Waals surface area contributed by atoms with Crippen molar-refractivity contribution >= 4 is 0 Å². The molecule has 1 aliphatic heterocycles. The fourth-order valence-corrected chi connectivity index (χ4v) is 3.11. The first-order valence-electron chi connectivity index (χ1n) is 8.20. The third-order valence-electron chi connectivity index (χ3n) is 4.39. The van der Waals surface area contributed by atoms with Crippen LogP contribution in [0.3, 0.4) is 0 Å². The minimum absolute atomic E-state index is 0.128. The third-order valence-corrected chi connectivity index (χ3v) is 4.39. The molecule has 0 amide bonds. The molecule has 4 heterocycles. The number of hydrogen-bond donors (Lipinski definition) is 0. The number of aromatic nitrogens is 7. The van der Waals surface area contributed by atoms with Gasteiger partial charge >= 0.3 is 0 Å². The van der Waals surface area contributed by atoms with Crippen molar-refractivity contribution in [2.45, 2.75) is 26.3 Å². The normalized spacial score (nSPS) is 12.6. The van der Waals surface area contributed by atoms with Gasteiger partial charge in [-0.15, -0.1) is 0 Å². The molecule has 0 N–H and O–H groups in total. The summed E-state index contributed by atoms with van der Waals surface area (Å²) in [6, 6.07) is 4.58. The molecule has 9 heteroatoms. The Balaban J connectivity index is 1.74. The maximum absolute atomic E-state index is 13.8. The molecule has 0 radical (unpaired) electrons. The van der Waals surface area contributed by atoms with E-state index in [2.05, 4.69) is 25.2 Å². The lowest BCUT2D eigenvalue weighted by Crippen LogP contribution is -2.06. The van der Waals surface area contributed by atoms with E-state index in [1.54, 1.807) is 17.1 Å². The maximum atomic E-state index is 13.8. The summed E-state index contributed by atoms with van der Waals surface area (Å²) < 4.78 is 22.8. The maximum Gasteiger partial charge on any atom is 0.229 e. The summed E-state index contributed by atoms with van der Waals surface area (Å²) in [6.45, 7) is 4.38. The first kappa shape index (κ1) is 14.9. The Morgan fingerprint density at radius 3 is 2.92 bits per heavy atom. The number of halogens is 1. The fraction of sp³-hybridized carbons (Fsp3) is 0.235. The van der Waals surface area contributed by atoms with Crippen LogP contribution in [0, 0.1) is 5.82 Å². The largest absolute Gasteiger partial charge is 0.339 e. The number of hydrogen-bond acceptors (Lipinski definition) is 6. The average Bonchev–Trinajstić information content (AvgIpc) is 3.33. The summed E-state index contributed by atoms with van der Waals surface area (Å²) >= 11 is 0. The Morgan fingerprint density at radius 1 is 1.23 bits per heavy atom. The molecule has 1 aliphatic rings. The highest BCUT2D eigenvalue weighted by molar-refractivity contribution is 5.70. The van der Waals surface area contributed by atoms with E-state index in [4.69, 9.17) is 4.52 Å². The number of rotatable bonds is 2. The van der Waals surface area contributed by atoms with Crippen molar-refractivity contribution in [2.24, 2.45) is 0 Å². The van der Waals surface area contributed by atoms with Crippen molar-refractivity contribution in [2.75, 3.05) is 0 Å². The number of fused-ring (bicyclic) bond motifs is 5. The van der Waals surface area contributed by atoms with Gasteiger partial charge in [-0.1, -0.05) is 19.0 Å². The molecule has 0 bridgehead atoms. The topological polar surface area (TPSA) is 87.5 Å². The van der Waals surface area contributed by atoms with Crippen LogP contribution in [0.25, 0.3) is 28.6 Å². The summed E-state index contributed by atoms with van der Waals surface area (Å²) in [6.07, 6.45) is 3.14. The molecule has 0 spiro atoms. The lowest BCUT2D eigenvalue weighted by atomic mass is 10.1. The van der Waals surface area contributed by atoms with Crippen LogP contribution in [0.1, 0.15) is 31.4 Å². The zero-order valence-corrected chi connectivity index (χ0v) is 14.1. The quantitative estimate of drug-likeness (QED) is 0.486. The summed E-state index contributed by atoms with van der Waals surface area (Å²) in [4.78, 5) is 13.2. The van der Waals surface area contributed by atoms with Crippen molar-refractivity contribution in [3.8, 4) is 28.6 Å². The highest BCUT2D eigenvalue weighted by Crippen LogP contribution is 2.33. The lowest BCUT2D eigenvalue weighted by molar-refractivity contribution is 0.365. The van der Waals surface area contributed by atoms with Crippen LogP contribution in [0.15, 0.2) is 35.4 Å². The van der Waals surface area contributed by atoms with Crippen molar-refractivity contribution in [1.29, 1.82) is 0 Å². The molecule has 1 aromatic carbocycles.